The molecule has 0 radical (unpaired) electrons. The maximum atomic E-state index is 12.4. The molecule has 0 atom stereocenters. The zero-order valence-electron chi connectivity index (χ0n) is 16.4. The molecule has 0 amide bonds. The van der Waals surface area contributed by atoms with Gasteiger partial charge < -0.3 is 18.9 Å². The van der Waals surface area contributed by atoms with Gasteiger partial charge in [-0.1, -0.05) is 12.1 Å². The van der Waals surface area contributed by atoms with Crippen molar-refractivity contribution in [2.75, 3.05) is 26.5 Å². The van der Waals surface area contributed by atoms with Crippen LogP contribution in [0.1, 0.15) is 17.0 Å². The lowest BCUT2D eigenvalue weighted by atomic mass is 10.2. The third-order valence-corrected chi connectivity index (χ3v) is 6.11. The van der Waals surface area contributed by atoms with Gasteiger partial charge in [0.15, 0.2) is 5.76 Å². The van der Waals surface area contributed by atoms with Crippen LogP contribution in [0.15, 0.2) is 44.1 Å². The summed E-state index contributed by atoms with van der Waals surface area (Å²) in [6, 6.07) is 10.7. The van der Waals surface area contributed by atoms with Crippen LogP contribution < -0.4 is 10.1 Å². The number of anilines is 1. The number of methoxy groups -OCH3 is 1. The number of benzene rings is 1. The van der Waals surface area contributed by atoms with Crippen molar-refractivity contribution in [3.05, 3.63) is 47.3 Å². The van der Waals surface area contributed by atoms with Crippen molar-refractivity contribution in [3.8, 4) is 23.5 Å². The first kappa shape index (κ1) is 20.4. The van der Waals surface area contributed by atoms with Crippen LogP contribution in [-0.4, -0.2) is 38.9 Å². The first-order valence-corrected chi connectivity index (χ1v) is 10.0. The minimum absolute atomic E-state index is 0.0157. The number of aromatic nitrogens is 1. The highest BCUT2D eigenvalue weighted by Crippen LogP contribution is 2.31. The maximum absolute atomic E-state index is 12.4. The highest BCUT2D eigenvalue weighted by Gasteiger charge is 2.26. The molecule has 2 aromatic heterocycles. The van der Waals surface area contributed by atoms with Crippen LogP contribution >= 0.6 is 0 Å². The number of nitriles is 1. The standard InChI is InChI=1S/C19H20N4O5S/c1-12-17(29(24,25)23(2)3)9-16(27-12)19-22-15(10-20)18(28-19)21-11-13-5-7-14(26-4)8-6-13/h5-9,21H,11H2,1-4H3. The van der Waals surface area contributed by atoms with Crippen molar-refractivity contribution in [2.24, 2.45) is 0 Å². The van der Waals surface area contributed by atoms with Crippen LogP contribution in [0, 0.1) is 18.3 Å². The molecule has 0 saturated heterocycles. The number of hydrogen-bond donors (Lipinski definition) is 1. The smallest absolute Gasteiger partial charge is 0.266 e. The lowest BCUT2D eigenvalue weighted by Crippen LogP contribution is -2.22. The van der Waals surface area contributed by atoms with E-state index in [1.807, 2.05) is 30.3 Å². The van der Waals surface area contributed by atoms with E-state index in [2.05, 4.69) is 10.3 Å². The summed E-state index contributed by atoms with van der Waals surface area (Å²) >= 11 is 0. The molecular weight excluding hydrogens is 396 g/mol. The van der Waals surface area contributed by atoms with Gasteiger partial charge in [0, 0.05) is 26.7 Å². The Bertz CT molecular complexity index is 1150. The quantitative estimate of drug-likeness (QED) is 0.624. The van der Waals surface area contributed by atoms with Crippen molar-refractivity contribution >= 4 is 15.9 Å². The van der Waals surface area contributed by atoms with Crippen molar-refractivity contribution in [1.82, 2.24) is 9.29 Å². The Morgan fingerprint density at radius 2 is 1.93 bits per heavy atom. The average molecular weight is 416 g/mol. The molecule has 0 aliphatic carbocycles. The summed E-state index contributed by atoms with van der Waals surface area (Å²) < 4.78 is 42.1. The van der Waals surface area contributed by atoms with Gasteiger partial charge in [-0.05, 0) is 24.6 Å². The Balaban J connectivity index is 1.86. The van der Waals surface area contributed by atoms with E-state index >= 15 is 0 Å². The molecule has 3 aromatic rings. The van der Waals surface area contributed by atoms with Crippen molar-refractivity contribution in [1.29, 1.82) is 5.26 Å². The summed E-state index contributed by atoms with van der Waals surface area (Å²) in [6.45, 7) is 1.93. The molecule has 0 unspecified atom stereocenters. The predicted molar refractivity (Wildman–Crippen MR) is 105 cm³/mol. The fourth-order valence-electron chi connectivity index (χ4n) is 2.57. The lowest BCUT2D eigenvalue weighted by molar-refractivity contribution is 0.414. The van der Waals surface area contributed by atoms with Crippen molar-refractivity contribution in [2.45, 2.75) is 18.4 Å². The number of nitrogens with one attached hydrogen (secondary N) is 1. The summed E-state index contributed by atoms with van der Waals surface area (Å²) in [4.78, 5) is 4.12. The van der Waals surface area contributed by atoms with Crippen LogP contribution in [-0.2, 0) is 16.6 Å². The topological polar surface area (TPSA) is 122 Å². The van der Waals surface area contributed by atoms with Crippen molar-refractivity contribution < 1.29 is 22.0 Å². The van der Waals surface area contributed by atoms with Gasteiger partial charge in [-0.15, -0.1) is 0 Å². The molecule has 9 nitrogen and oxygen atoms in total. The molecule has 0 spiro atoms. The number of hydrogen-bond acceptors (Lipinski definition) is 8. The summed E-state index contributed by atoms with van der Waals surface area (Å²) in [5.41, 5.74) is 0.987. The van der Waals surface area contributed by atoms with Gasteiger partial charge in [-0.2, -0.15) is 10.2 Å². The van der Waals surface area contributed by atoms with Gasteiger partial charge in [0.2, 0.25) is 21.6 Å². The fraction of sp³-hybridized carbons (Fsp3) is 0.263. The van der Waals surface area contributed by atoms with Gasteiger partial charge in [0.05, 0.1) is 7.11 Å². The van der Waals surface area contributed by atoms with Crippen LogP contribution in [0.3, 0.4) is 0 Å². The summed E-state index contributed by atoms with van der Waals surface area (Å²) in [7, 11) is 0.779. The minimum atomic E-state index is -3.68. The van der Waals surface area contributed by atoms with E-state index in [1.54, 1.807) is 7.11 Å². The van der Waals surface area contributed by atoms with Crippen LogP contribution in [0.5, 0.6) is 5.75 Å². The molecule has 0 aliphatic heterocycles. The second-order valence-corrected chi connectivity index (χ2v) is 8.45. The molecule has 29 heavy (non-hydrogen) atoms. The van der Waals surface area contributed by atoms with E-state index in [9.17, 15) is 13.7 Å². The monoisotopic (exact) mass is 416 g/mol. The highest BCUT2D eigenvalue weighted by molar-refractivity contribution is 7.89. The molecule has 0 saturated carbocycles. The third-order valence-electron chi connectivity index (χ3n) is 4.19. The molecule has 10 heteroatoms. The number of aryl methyl sites for hydroxylation is 1. The van der Waals surface area contributed by atoms with Crippen molar-refractivity contribution in [3.63, 3.8) is 0 Å². The molecular formula is C19H20N4O5S. The first-order valence-electron chi connectivity index (χ1n) is 8.57. The highest BCUT2D eigenvalue weighted by atomic mass is 32.2. The Kier molecular flexibility index (Phi) is 5.63. The van der Waals surface area contributed by atoms with Gasteiger partial charge >= 0.3 is 0 Å². The molecule has 2 heterocycles. The molecule has 1 N–H and O–H groups in total. The molecule has 3 rings (SSSR count). The number of furan rings is 1. The summed E-state index contributed by atoms with van der Waals surface area (Å²) in [5, 5.41) is 12.4. The van der Waals surface area contributed by atoms with Gasteiger partial charge in [-0.3, -0.25) is 0 Å². The Morgan fingerprint density at radius 3 is 2.52 bits per heavy atom. The lowest BCUT2D eigenvalue weighted by Gasteiger charge is -2.09. The Labute approximate surface area is 168 Å². The zero-order valence-corrected chi connectivity index (χ0v) is 17.2. The second kappa shape index (κ2) is 7.98. The van der Waals surface area contributed by atoms with E-state index in [0.717, 1.165) is 15.6 Å². The fourth-order valence-corrected chi connectivity index (χ4v) is 3.62. The number of nitrogens with zero attached hydrogens (tertiary/aromatic N) is 3. The minimum Gasteiger partial charge on any atom is -0.497 e. The number of oxazole rings is 1. The summed E-state index contributed by atoms with van der Waals surface area (Å²) in [5.74, 6) is 1.26. The molecule has 0 aliphatic rings. The Hall–Kier alpha value is -3.29. The van der Waals surface area contributed by atoms with E-state index in [0.29, 0.717) is 6.54 Å². The normalized spacial score (nSPS) is 11.4. The third kappa shape index (κ3) is 4.11. The number of rotatable bonds is 7. The Morgan fingerprint density at radius 1 is 1.24 bits per heavy atom. The molecule has 1 aromatic carbocycles. The second-order valence-electron chi connectivity index (χ2n) is 6.33. The zero-order chi connectivity index (χ0) is 21.2. The number of sulfonamides is 1. The van der Waals surface area contributed by atoms with Crippen LogP contribution in [0.2, 0.25) is 0 Å². The average Bonchev–Trinajstić information content (AvgIpc) is 3.30. The molecule has 0 bridgehead atoms. The van der Waals surface area contributed by atoms with E-state index in [-0.39, 0.29) is 33.9 Å². The van der Waals surface area contributed by atoms with E-state index < -0.39 is 10.0 Å². The first-order chi connectivity index (χ1) is 13.8. The maximum Gasteiger partial charge on any atom is 0.266 e. The van der Waals surface area contributed by atoms with Gasteiger partial charge in [0.25, 0.3) is 5.89 Å². The van der Waals surface area contributed by atoms with E-state index in [4.69, 9.17) is 13.6 Å². The van der Waals surface area contributed by atoms with E-state index in [1.165, 1.54) is 27.1 Å². The largest absolute Gasteiger partial charge is 0.497 e. The number of ether oxygens (including phenoxy) is 1. The van der Waals surface area contributed by atoms with Crippen LogP contribution in [0.25, 0.3) is 11.7 Å². The molecule has 152 valence electrons. The summed E-state index contributed by atoms with van der Waals surface area (Å²) in [6.07, 6.45) is 0. The van der Waals surface area contributed by atoms with Gasteiger partial charge in [0.1, 0.15) is 22.5 Å². The van der Waals surface area contributed by atoms with Crippen LogP contribution in [0.4, 0.5) is 5.88 Å². The SMILES string of the molecule is COc1ccc(CNc2oc(-c3cc(S(=O)(=O)N(C)C)c(C)o3)nc2C#N)cc1. The molecule has 0 fully saturated rings. The van der Waals surface area contributed by atoms with Gasteiger partial charge in [-0.25, -0.2) is 12.7 Å². The predicted octanol–water partition coefficient (Wildman–Crippen LogP) is 2.99.